The maximum absolute atomic E-state index is 2.39. The summed E-state index contributed by atoms with van der Waals surface area (Å²) in [4.78, 5) is 0. The van der Waals surface area contributed by atoms with Crippen molar-refractivity contribution >= 4 is 0 Å². The van der Waals surface area contributed by atoms with E-state index in [0.717, 1.165) is 5.92 Å². The van der Waals surface area contributed by atoms with Crippen LogP contribution in [0.25, 0.3) is 0 Å². The SMILES string of the molecule is CCCC1C=C1CC. The van der Waals surface area contributed by atoms with Crippen molar-refractivity contribution in [2.75, 3.05) is 0 Å². The summed E-state index contributed by atoms with van der Waals surface area (Å²) in [7, 11) is 0. The molecule has 0 saturated carbocycles. The van der Waals surface area contributed by atoms with Crippen LogP contribution in [0.4, 0.5) is 0 Å². The summed E-state index contributed by atoms with van der Waals surface area (Å²) in [6.07, 6.45) is 6.40. The molecule has 0 amide bonds. The second-order valence-electron chi connectivity index (χ2n) is 2.49. The molecule has 0 aliphatic heterocycles. The highest BCUT2D eigenvalue weighted by atomic mass is 14.2. The standard InChI is InChI=1S/C8H14/c1-3-5-8-6-7(8)4-2/h6,8H,3-5H2,1-2H3. The average Bonchev–Trinajstić information content (AvgIpc) is 2.48. The van der Waals surface area contributed by atoms with E-state index in [4.69, 9.17) is 0 Å². The quantitative estimate of drug-likeness (QED) is 0.490. The predicted octanol–water partition coefficient (Wildman–Crippen LogP) is 2.75. The Balaban J connectivity index is 2.04. The zero-order chi connectivity index (χ0) is 5.98. The molecule has 0 spiro atoms. The van der Waals surface area contributed by atoms with Crippen molar-refractivity contribution < 1.29 is 0 Å². The lowest BCUT2D eigenvalue weighted by Crippen LogP contribution is -1.77. The molecule has 0 aromatic rings. The van der Waals surface area contributed by atoms with E-state index in [2.05, 4.69) is 19.9 Å². The lowest BCUT2D eigenvalue weighted by molar-refractivity contribution is 0.723. The Morgan fingerprint density at radius 3 is 2.62 bits per heavy atom. The molecule has 1 aliphatic rings. The second-order valence-corrected chi connectivity index (χ2v) is 2.49. The molecule has 8 heavy (non-hydrogen) atoms. The third kappa shape index (κ3) is 1.12. The van der Waals surface area contributed by atoms with Crippen LogP contribution in [0.3, 0.4) is 0 Å². The lowest BCUT2D eigenvalue weighted by atomic mass is 10.1. The van der Waals surface area contributed by atoms with Crippen LogP contribution in [0.15, 0.2) is 11.6 Å². The smallest absolute Gasteiger partial charge is 0.00204 e. The van der Waals surface area contributed by atoms with Gasteiger partial charge in [0.15, 0.2) is 0 Å². The molecule has 0 radical (unpaired) electrons. The van der Waals surface area contributed by atoms with Crippen molar-refractivity contribution in [3.05, 3.63) is 11.6 Å². The van der Waals surface area contributed by atoms with Crippen LogP contribution in [0.2, 0.25) is 0 Å². The van der Waals surface area contributed by atoms with E-state index < -0.39 is 0 Å². The van der Waals surface area contributed by atoms with Crippen LogP contribution in [-0.4, -0.2) is 0 Å². The van der Waals surface area contributed by atoms with Crippen LogP contribution < -0.4 is 0 Å². The van der Waals surface area contributed by atoms with Crippen molar-refractivity contribution in [1.29, 1.82) is 0 Å². The number of rotatable bonds is 3. The number of allylic oxidation sites excluding steroid dienone is 2. The fraction of sp³-hybridized carbons (Fsp3) is 0.750. The molecule has 0 nitrogen and oxygen atoms in total. The van der Waals surface area contributed by atoms with Gasteiger partial charge in [0.25, 0.3) is 0 Å². The van der Waals surface area contributed by atoms with E-state index in [1.807, 2.05) is 0 Å². The molecule has 1 unspecified atom stereocenters. The molecule has 0 saturated heterocycles. The third-order valence-electron chi connectivity index (χ3n) is 1.79. The highest BCUT2D eigenvalue weighted by Gasteiger charge is 2.20. The lowest BCUT2D eigenvalue weighted by Gasteiger charge is -1.91. The normalized spacial score (nSPS) is 25.2. The summed E-state index contributed by atoms with van der Waals surface area (Å²) in [5.74, 6) is 0.921. The first-order valence-electron chi connectivity index (χ1n) is 3.59. The predicted molar refractivity (Wildman–Crippen MR) is 36.8 cm³/mol. The molecular formula is C8H14. The van der Waals surface area contributed by atoms with Crippen molar-refractivity contribution in [1.82, 2.24) is 0 Å². The van der Waals surface area contributed by atoms with Crippen LogP contribution in [0.1, 0.15) is 33.1 Å². The largest absolute Gasteiger partial charge is 0.0776 e. The van der Waals surface area contributed by atoms with Gasteiger partial charge in [-0.25, -0.2) is 0 Å². The maximum Gasteiger partial charge on any atom is -0.00204 e. The van der Waals surface area contributed by atoms with Gasteiger partial charge in [-0.1, -0.05) is 31.9 Å². The zero-order valence-electron chi connectivity index (χ0n) is 5.78. The van der Waals surface area contributed by atoms with Crippen molar-refractivity contribution in [2.24, 2.45) is 5.92 Å². The highest BCUT2D eigenvalue weighted by Crippen LogP contribution is 2.34. The van der Waals surface area contributed by atoms with Gasteiger partial charge >= 0.3 is 0 Å². The van der Waals surface area contributed by atoms with E-state index in [1.54, 1.807) is 5.57 Å². The third-order valence-corrected chi connectivity index (χ3v) is 1.79. The molecule has 0 fully saturated rings. The van der Waals surface area contributed by atoms with Crippen LogP contribution >= 0.6 is 0 Å². The fourth-order valence-corrected chi connectivity index (χ4v) is 1.17. The Kier molecular flexibility index (Phi) is 1.72. The van der Waals surface area contributed by atoms with E-state index in [9.17, 15) is 0 Å². The second kappa shape index (κ2) is 2.34. The topological polar surface area (TPSA) is 0 Å². The first-order chi connectivity index (χ1) is 3.88. The summed E-state index contributed by atoms with van der Waals surface area (Å²) < 4.78 is 0. The van der Waals surface area contributed by atoms with Crippen LogP contribution in [-0.2, 0) is 0 Å². The Labute approximate surface area is 51.6 Å². The summed E-state index contributed by atoms with van der Waals surface area (Å²) in [6.45, 7) is 4.49. The van der Waals surface area contributed by atoms with E-state index in [0.29, 0.717) is 0 Å². The van der Waals surface area contributed by atoms with Crippen LogP contribution in [0.5, 0.6) is 0 Å². The Morgan fingerprint density at radius 2 is 2.25 bits per heavy atom. The summed E-state index contributed by atoms with van der Waals surface area (Å²) in [6, 6.07) is 0. The first-order valence-corrected chi connectivity index (χ1v) is 3.59. The minimum Gasteiger partial charge on any atom is -0.0776 e. The van der Waals surface area contributed by atoms with Gasteiger partial charge < -0.3 is 0 Å². The van der Waals surface area contributed by atoms with Crippen molar-refractivity contribution in [2.45, 2.75) is 33.1 Å². The molecule has 1 aliphatic carbocycles. The van der Waals surface area contributed by atoms with Crippen molar-refractivity contribution in [3.63, 3.8) is 0 Å². The minimum atomic E-state index is 0.921. The summed E-state index contributed by atoms with van der Waals surface area (Å²) in [5, 5.41) is 0. The summed E-state index contributed by atoms with van der Waals surface area (Å²) >= 11 is 0. The molecule has 46 valence electrons. The molecule has 0 aromatic carbocycles. The van der Waals surface area contributed by atoms with Gasteiger partial charge in [-0.15, -0.1) is 0 Å². The molecule has 0 aromatic heterocycles. The molecule has 0 heteroatoms. The van der Waals surface area contributed by atoms with Gasteiger partial charge in [0.1, 0.15) is 0 Å². The van der Waals surface area contributed by atoms with Crippen LogP contribution in [0, 0.1) is 5.92 Å². The molecule has 1 atom stereocenters. The molecule has 0 N–H and O–H groups in total. The Morgan fingerprint density at radius 1 is 1.50 bits per heavy atom. The molecule has 1 rings (SSSR count). The van der Waals surface area contributed by atoms with Gasteiger partial charge in [0.05, 0.1) is 0 Å². The molecule has 0 heterocycles. The fourth-order valence-electron chi connectivity index (χ4n) is 1.17. The summed E-state index contributed by atoms with van der Waals surface area (Å²) in [5.41, 5.74) is 1.69. The molecular weight excluding hydrogens is 96.1 g/mol. The first kappa shape index (κ1) is 5.87. The van der Waals surface area contributed by atoms with Gasteiger partial charge in [-0.05, 0) is 18.8 Å². The van der Waals surface area contributed by atoms with Gasteiger partial charge in [-0.3, -0.25) is 0 Å². The molecule has 0 bridgehead atoms. The van der Waals surface area contributed by atoms with E-state index in [1.165, 1.54) is 19.3 Å². The van der Waals surface area contributed by atoms with E-state index >= 15 is 0 Å². The van der Waals surface area contributed by atoms with Crippen molar-refractivity contribution in [3.8, 4) is 0 Å². The van der Waals surface area contributed by atoms with Gasteiger partial charge in [0, 0.05) is 0 Å². The Hall–Kier alpha value is -0.260. The zero-order valence-corrected chi connectivity index (χ0v) is 5.78. The number of hydrogen-bond acceptors (Lipinski definition) is 0. The van der Waals surface area contributed by atoms with E-state index in [-0.39, 0.29) is 0 Å². The highest BCUT2D eigenvalue weighted by molar-refractivity contribution is 5.28. The average molecular weight is 110 g/mol. The van der Waals surface area contributed by atoms with Gasteiger partial charge in [-0.2, -0.15) is 0 Å². The van der Waals surface area contributed by atoms with Gasteiger partial charge in [0.2, 0.25) is 0 Å². The Bertz CT molecular complexity index is 101. The number of hydrogen-bond donors (Lipinski definition) is 0. The monoisotopic (exact) mass is 110 g/mol. The minimum absolute atomic E-state index is 0.921. The maximum atomic E-state index is 2.39.